The van der Waals surface area contributed by atoms with E-state index in [9.17, 15) is 9.18 Å². The molecule has 1 aliphatic rings. The lowest BCUT2D eigenvalue weighted by Gasteiger charge is -2.34. The van der Waals surface area contributed by atoms with Crippen LogP contribution >= 0.6 is 12.2 Å². The number of ether oxygens (including phenoxy) is 1. The summed E-state index contributed by atoms with van der Waals surface area (Å²) < 4.78 is 18.2. The largest absolute Gasteiger partial charge is 0.382 e. The number of amides is 1. The third-order valence-corrected chi connectivity index (χ3v) is 4.57. The summed E-state index contributed by atoms with van der Waals surface area (Å²) in [6.07, 6.45) is 2.61. The van der Waals surface area contributed by atoms with Crippen LogP contribution in [0.25, 0.3) is 0 Å². The molecular formula is C18H26FN3O2S. The van der Waals surface area contributed by atoms with Gasteiger partial charge in [0, 0.05) is 44.5 Å². The number of benzene rings is 1. The Bertz CT molecular complexity index is 560. The average Bonchev–Trinajstić information content (AvgIpc) is 2.62. The minimum atomic E-state index is -0.341. The fraction of sp³-hybridized carbons (Fsp3) is 0.556. The molecule has 25 heavy (non-hydrogen) atoms. The second-order valence-corrected chi connectivity index (χ2v) is 6.41. The van der Waals surface area contributed by atoms with Crippen molar-refractivity contribution < 1.29 is 13.9 Å². The van der Waals surface area contributed by atoms with Crippen molar-refractivity contribution in [3.05, 3.63) is 35.6 Å². The van der Waals surface area contributed by atoms with E-state index >= 15 is 0 Å². The first-order valence-electron chi connectivity index (χ1n) is 8.77. The molecule has 1 heterocycles. The molecule has 2 rings (SSSR count). The van der Waals surface area contributed by atoms with Gasteiger partial charge in [0.25, 0.3) is 5.91 Å². The lowest BCUT2D eigenvalue weighted by Crippen LogP contribution is -2.49. The Hall–Kier alpha value is -1.73. The molecule has 1 aromatic rings. The number of thiocarbonyl (C=S) groups is 1. The summed E-state index contributed by atoms with van der Waals surface area (Å²) in [5, 5.41) is 7.03. The van der Waals surface area contributed by atoms with Gasteiger partial charge in [-0.05, 0) is 62.7 Å². The number of nitrogens with one attached hydrogen (secondary N) is 2. The maximum absolute atomic E-state index is 12.9. The van der Waals surface area contributed by atoms with Crippen LogP contribution in [0.2, 0.25) is 0 Å². The molecule has 7 heteroatoms. The van der Waals surface area contributed by atoms with Gasteiger partial charge in [-0.2, -0.15) is 0 Å². The molecule has 0 unspecified atom stereocenters. The Kier molecular flexibility index (Phi) is 8.08. The van der Waals surface area contributed by atoms with Gasteiger partial charge in [0.15, 0.2) is 5.11 Å². The zero-order valence-electron chi connectivity index (χ0n) is 14.6. The molecule has 0 bridgehead atoms. The van der Waals surface area contributed by atoms with Gasteiger partial charge in [-0.1, -0.05) is 0 Å². The van der Waals surface area contributed by atoms with Crippen LogP contribution in [-0.2, 0) is 4.74 Å². The number of nitrogens with zero attached hydrogens (tertiary/aromatic N) is 1. The van der Waals surface area contributed by atoms with E-state index in [1.807, 2.05) is 6.92 Å². The second kappa shape index (κ2) is 10.3. The van der Waals surface area contributed by atoms with E-state index in [1.165, 1.54) is 24.3 Å². The molecule has 1 aromatic carbocycles. The first-order chi connectivity index (χ1) is 12.1. The Morgan fingerprint density at radius 1 is 1.32 bits per heavy atom. The Morgan fingerprint density at radius 3 is 2.64 bits per heavy atom. The number of rotatable bonds is 7. The number of likely N-dealkylation sites (tertiary alicyclic amines) is 1. The molecular weight excluding hydrogens is 341 g/mol. The molecule has 1 amide bonds. The fourth-order valence-corrected chi connectivity index (χ4v) is 3.01. The molecule has 0 atom stereocenters. The Labute approximate surface area is 153 Å². The zero-order chi connectivity index (χ0) is 18.1. The molecule has 1 fully saturated rings. The predicted molar refractivity (Wildman–Crippen MR) is 100 cm³/mol. The predicted octanol–water partition coefficient (Wildman–Crippen LogP) is 2.32. The normalized spacial score (nSPS) is 15.0. The van der Waals surface area contributed by atoms with E-state index in [2.05, 4.69) is 15.5 Å². The van der Waals surface area contributed by atoms with Crippen molar-refractivity contribution in [3.8, 4) is 0 Å². The van der Waals surface area contributed by atoms with Crippen molar-refractivity contribution in [2.24, 2.45) is 0 Å². The monoisotopic (exact) mass is 367 g/mol. The van der Waals surface area contributed by atoms with E-state index in [4.69, 9.17) is 17.0 Å². The second-order valence-electron chi connectivity index (χ2n) is 6.02. The third-order valence-electron chi connectivity index (χ3n) is 4.17. The van der Waals surface area contributed by atoms with E-state index in [0.29, 0.717) is 5.56 Å². The van der Waals surface area contributed by atoms with Crippen LogP contribution in [-0.4, -0.2) is 54.8 Å². The first-order valence-corrected chi connectivity index (χ1v) is 9.18. The molecule has 1 aliphatic heterocycles. The van der Waals surface area contributed by atoms with Crippen molar-refractivity contribution in [1.82, 2.24) is 15.5 Å². The smallest absolute Gasteiger partial charge is 0.251 e. The van der Waals surface area contributed by atoms with Crippen molar-refractivity contribution in [2.45, 2.75) is 32.2 Å². The molecule has 1 saturated heterocycles. The molecule has 2 N–H and O–H groups in total. The summed E-state index contributed by atoms with van der Waals surface area (Å²) in [4.78, 5) is 14.3. The Balaban J connectivity index is 1.67. The topological polar surface area (TPSA) is 53.6 Å². The van der Waals surface area contributed by atoms with Gasteiger partial charge >= 0.3 is 0 Å². The lowest BCUT2D eigenvalue weighted by atomic mass is 10.0. The van der Waals surface area contributed by atoms with Crippen LogP contribution in [0.3, 0.4) is 0 Å². The van der Waals surface area contributed by atoms with Gasteiger partial charge in [-0.3, -0.25) is 4.79 Å². The first kappa shape index (κ1) is 19.6. The summed E-state index contributed by atoms with van der Waals surface area (Å²) in [6, 6.07) is 5.72. The number of hydrogen-bond donors (Lipinski definition) is 2. The number of carbonyl (C=O) groups excluding carboxylic acids is 1. The minimum Gasteiger partial charge on any atom is -0.382 e. The summed E-state index contributed by atoms with van der Waals surface area (Å²) >= 11 is 5.42. The van der Waals surface area contributed by atoms with Crippen LogP contribution in [0.4, 0.5) is 4.39 Å². The van der Waals surface area contributed by atoms with Crippen LogP contribution in [0, 0.1) is 5.82 Å². The lowest BCUT2D eigenvalue weighted by molar-refractivity contribution is 0.0922. The maximum Gasteiger partial charge on any atom is 0.251 e. The van der Waals surface area contributed by atoms with E-state index in [0.717, 1.165) is 57.2 Å². The minimum absolute atomic E-state index is 0.120. The van der Waals surface area contributed by atoms with Crippen molar-refractivity contribution in [2.75, 3.05) is 32.8 Å². The number of hydrogen-bond acceptors (Lipinski definition) is 3. The van der Waals surface area contributed by atoms with E-state index in [1.54, 1.807) is 0 Å². The number of carbonyl (C=O) groups is 1. The quantitative estimate of drug-likeness (QED) is 0.572. The molecule has 0 saturated carbocycles. The standard InChI is InChI=1S/C18H26FN3O2S/c1-2-24-13-3-10-20-18(25)22-11-8-16(9-12-22)21-17(23)14-4-6-15(19)7-5-14/h4-7,16H,2-3,8-13H2,1H3,(H,20,25)(H,21,23). The van der Waals surface area contributed by atoms with Gasteiger partial charge < -0.3 is 20.3 Å². The molecule has 0 radical (unpaired) electrons. The van der Waals surface area contributed by atoms with Gasteiger partial charge in [0.1, 0.15) is 5.82 Å². The van der Waals surface area contributed by atoms with Crippen LogP contribution in [0.5, 0.6) is 0 Å². The highest BCUT2D eigenvalue weighted by molar-refractivity contribution is 7.80. The van der Waals surface area contributed by atoms with Crippen molar-refractivity contribution in [3.63, 3.8) is 0 Å². The van der Waals surface area contributed by atoms with Gasteiger partial charge in [0.05, 0.1) is 0 Å². The summed E-state index contributed by atoms with van der Waals surface area (Å²) in [7, 11) is 0. The summed E-state index contributed by atoms with van der Waals surface area (Å²) in [5.74, 6) is -0.498. The highest BCUT2D eigenvalue weighted by Gasteiger charge is 2.22. The van der Waals surface area contributed by atoms with E-state index < -0.39 is 0 Å². The average molecular weight is 367 g/mol. The van der Waals surface area contributed by atoms with Crippen LogP contribution in [0.15, 0.2) is 24.3 Å². The van der Waals surface area contributed by atoms with Crippen LogP contribution in [0.1, 0.15) is 36.5 Å². The SMILES string of the molecule is CCOCCCNC(=S)N1CCC(NC(=O)c2ccc(F)cc2)CC1. The van der Waals surface area contributed by atoms with E-state index in [-0.39, 0.29) is 17.8 Å². The highest BCUT2D eigenvalue weighted by atomic mass is 32.1. The third kappa shape index (κ3) is 6.59. The number of piperidine rings is 1. The number of halogens is 1. The molecule has 0 spiro atoms. The summed E-state index contributed by atoms with van der Waals surface area (Å²) in [5.41, 5.74) is 0.482. The van der Waals surface area contributed by atoms with Gasteiger partial charge in [0.2, 0.25) is 0 Å². The Morgan fingerprint density at radius 2 is 2.00 bits per heavy atom. The molecule has 5 nitrogen and oxygen atoms in total. The molecule has 138 valence electrons. The fourth-order valence-electron chi connectivity index (χ4n) is 2.72. The zero-order valence-corrected chi connectivity index (χ0v) is 15.4. The van der Waals surface area contributed by atoms with Gasteiger partial charge in [-0.25, -0.2) is 4.39 Å². The molecule has 0 aromatic heterocycles. The van der Waals surface area contributed by atoms with Crippen molar-refractivity contribution >= 4 is 23.2 Å². The maximum atomic E-state index is 12.9. The van der Waals surface area contributed by atoms with Crippen LogP contribution < -0.4 is 10.6 Å². The van der Waals surface area contributed by atoms with Gasteiger partial charge in [-0.15, -0.1) is 0 Å². The highest BCUT2D eigenvalue weighted by Crippen LogP contribution is 2.12. The van der Waals surface area contributed by atoms with Crippen molar-refractivity contribution in [1.29, 1.82) is 0 Å². The summed E-state index contributed by atoms with van der Waals surface area (Å²) in [6.45, 7) is 5.89. The molecule has 0 aliphatic carbocycles.